The van der Waals surface area contributed by atoms with E-state index in [4.69, 9.17) is 5.73 Å². The Bertz CT molecular complexity index is 1160. The Hall–Kier alpha value is -3.37. The molecule has 0 atom stereocenters. The van der Waals surface area contributed by atoms with Gasteiger partial charge in [-0.3, -0.25) is 4.79 Å². The number of thiophene rings is 1. The highest BCUT2D eigenvalue weighted by Gasteiger charge is 2.30. The zero-order valence-corrected chi connectivity index (χ0v) is 16.6. The summed E-state index contributed by atoms with van der Waals surface area (Å²) in [7, 11) is 0. The highest BCUT2D eigenvalue weighted by Crippen LogP contribution is 2.37. The van der Waals surface area contributed by atoms with Crippen LogP contribution in [0.5, 0.6) is 0 Å². The summed E-state index contributed by atoms with van der Waals surface area (Å²) in [5.74, 6) is 0.672. The minimum Gasteiger partial charge on any atom is -0.389 e. The van der Waals surface area contributed by atoms with Crippen LogP contribution in [0.4, 0.5) is 16.5 Å². The number of hydrogen-bond donors (Lipinski definition) is 1. The van der Waals surface area contributed by atoms with Gasteiger partial charge in [-0.15, -0.1) is 11.3 Å². The molecule has 2 N–H and O–H groups in total. The molecule has 0 unspecified atom stereocenters. The fourth-order valence-corrected chi connectivity index (χ4v) is 5.32. The predicted molar refractivity (Wildman–Crippen MR) is 114 cm³/mol. The van der Waals surface area contributed by atoms with Gasteiger partial charge in [0.15, 0.2) is 0 Å². The second-order valence-electron chi connectivity index (χ2n) is 7.24. The highest BCUT2D eigenvalue weighted by atomic mass is 32.1. The number of nitrogen functional groups attached to an aromatic ring is 1. The number of carbonyl (C=O) groups excluding carboxylic acids is 1. The topological polar surface area (TPSA) is 86.2 Å². The van der Waals surface area contributed by atoms with E-state index in [-0.39, 0.29) is 5.91 Å². The average Bonchev–Trinajstić information content (AvgIpc) is 3.32. The summed E-state index contributed by atoms with van der Waals surface area (Å²) < 4.78 is 0. The van der Waals surface area contributed by atoms with Crippen molar-refractivity contribution in [1.82, 2.24) is 4.98 Å². The van der Waals surface area contributed by atoms with E-state index in [9.17, 15) is 10.1 Å². The van der Waals surface area contributed by atoms with Crippen molar-refractivity contribution >= 4 is 33.8 Å². The Morgan fingerprint density at radius 2 is 2.03 bits per heavy atom. The molecule has 29 heavy (non-hydrogen) atoms. The van der Waals surface area contributed by atoms with Gasteiger partial charge in [-0.05, 0) is 42.2 Å². The van der Waals surface area contributed by atoms with Gasteiger partial charge in [0, 0.05) is 29.9 Å². The molecule has 2 aliphatic heterocycles. The second kappa shape index (κ2) is 6.90. The zero-order valence-electron chi connectivity index (χ0n) is 15.8. The minimum absolute atomic E-state index is 0.0211. The number of nitriles is 1. The van der Waals surface area contributed by atoms with Gasteiger partial charge in [0.05, 0.1) is 17.7 Å². The van der Waals surface area contributed by atoms with Gasteiger partial charge >= 0.3 is 0 Å². The number of rotatable bonds is 2. The Balaban J connectivity index is 1.48. The summed E-state index contributed by atoms with van der Waals surface area (Å²) in [6.07, 6.45) is 3.32. The first-order valence-electron chi connectivity index (χ1n) is 9.57. The maximum atomic E-state index is 13.4. The first-order chi connectivity index (χ1) is 14.2. The van der Waals surface area contributed by atoms with Crippen molar-refractivity contribution in [2.24, 2.45) is 0 Å². The average molecular weight is 401 g/mol. The smallest absolute Gasteiger partial charge is 0.262 e. The van der Waals surface area contributed by atoms with E-state index in [2.05, 4.69) is 22.0 Å². The van der Waals surface area contributed by atoms with Crippen LogP contribution in [0.25, 0.3) is 0 Å². The lowest BCUT2D eigenvalue weighted by molar-refractivity contribution is 0.0989. The van der Waals surface area contributed by atoms with Crippen molar-refractivity contribution in [2.75, 3.05) is 28.6 Å². The molecular weight excluding hydrogens is 382 g/mol. The number of fused-ring (bicyclic) bond motifs is 2. The molecule has 2 aliphatic rings. The second-order valence-corrected chi connectivity index (χ2v) is 8.37. The normalized spacial score (nSPS) is 15.0. The third-order valence-electron chi connectivity index (χ3n) is 5.64. The summed E-state index contributed by atoms with van der Waals surface area (Å²) in [4.78, 5) is 23.0. The molecule has 3 aromatic rings. The Morgan fingerprint density at radius 1 is 1.17 bits per heavy atom. The maximum absolute atomic E-state index is 13.4. The lowest BCUT2D eigenvalue weighted by atomic mass is 10.0. The summed E-state index contributed by atoms with van der Waals surface area (Å²) in [5, 5.41) is 9.94. The highest BCUT2D eigenvalue weighted by molar-refractivity contribution is 7.16. The Labute approximate surface area is 172 Å². The molecule has 0 aliphatic carbocycles. The van der Waals surface area contributed by atoms with Crippen LogP contribution in [0.1, 0.15) is 31.9 Å². The number of benzene rings is 1. The minimum atomic E-state index is -0.0211. The van der Waals surface area contributed by atoms with Crippen LogP contribution >= 0.6 is 11.3 Å². The number of amides is 1. The molecule has 0 spiro atoms. The van der Waals surface area contributed by atoms with Gasteiger partial charge in [0.2, 0.25) is 0 Å². The predicted octanol–water partition coefficient (Wildman–Crippen LogP) is 3.36. The molecule has 0 fully saturated rings. The van der Waals surface area contributed by atoms with E-state index < -0.39 is 0 Å². The van der Waals surface area contributed by atoms with Crippen molar-refractivity contribution in [1.29, 1.82) is 5.26 Å². The van der Waals surface area contributed by atoms with Crippen LogP contribution in [0.3, 0.4) is 0 Å². The van der Waals surface area contributed by atoms with Gasteiger partial charge in [-0.25, -0.2) is 4.98 Å². The molecule has 7 heteroatoms. The van der Waals surface area contributed by atoms with Gasteiger partial charge in [0.25, 0.3) is 5.91 Å². The molecule has 6 nitrogen and oxygen atoms in total. The van der Waals surface area contributed by atoms with Gasteiger partial charge in [0.1, 0.15) is 16.9 Å². The molecule has 0 saturated carbocycles. The molecule has 1 aromatic carbocycles. The number of para-hydroxylation sites is 1. The standard InChI is InChI=1S/C22H19N5OS/c23-12-17-15-8-10-26(13-19(15)29-20(17)24)21-16(5-3-9-25-21)22(28)27-11-7-14-4-1-2-6-18(14)27/h1-6,9H,7-8,10-11,13,24H2. The van der Waals surface area contributed by atoms with E-state index in [1.54, 1.807) is 6.20 Å². The number of aromatic nitrogens is 1. The van der Waals surface area contributed by atoms with Crippen LogP contribution in [0, 0.1) is 11.3 Å². The lowest BCUT2D eigenvalue weighted by Gasteiger charge is -2.30. The number of pyridine rings is 1. The van der Waals surface area contributed by atoms with E-state index in [0.717, 1.165) is 29.0 Å². The summed E-state index contributed by atoms with van der Waals surface area (Å²) >= 11 is 1.46. The van der Waals surface area contributed by atoms with Crippen LogP contribution in [0.2, 0.25) is 0 Å². The van der Waals surface area contributed by atoms with E-state index in [0.29, 0.717) is 41.6 Å². The third-order valence-corrected chi connectivity index (χ3v) is 6.69. The molecule has 0 radical (unpaired) electrons. The van der Waals surface area contributed by atoms with Crippen LogP contribution in [0.15, 0.2) is 42.6 Å². The summed E-state index contributed by atoms with van der Waals surface area (Å²) in [6.45, 7) is 2.00. The van der Waals surface area contributed by atoms with E-state index in [1.165, 1.54) is 16.9 Å². The Kier molecular flexibility index (Phi) is 4.22. The number of nitrogens with two attached hydrogens (primary N) is 1. The molecule has 2 aromatic heterocycles. The summed E-state index contributed by atoms with van der Waals surface area (Å²) in [5.41, 5.74) is 10.5. The van der Waals surface area contributed by atoms with Crippen LogP contribution < -0.4 is 15.5 Å². The molecule has 4 heterocycles. The fraction of sp³-hybridized carbons (Fsp3) is 0.227. The monoisotopic (exact) mass is 401 g/mol. The third kappa shape index (κ3) is 2.84. The van der Waals surface area contributed by atoms with Crippen molar-refractivity contribution < 1.29 is 4.79 Å². The van der Waals surface area contributed by atoms with Crippen LogP contribution in [-0.2, 0) is 19.4 Å². The molecular formula is C22H19N5OS. The van der Waals surface area contributed by atoms with Crippen molar-refractivity contribution in [3.8, 4) is 6.07 Å². The molecule has 144 valence electrons. The zero-order chi connectivity index (χ0) is 20.0. The van der Waals surface area contributed by atoms with E-state index >= 15 is 0 Å². The number of nitrogens with zero attached hydrogens (tertiary/aromatic N) is 4. The quantitative estimate of drug-likeness (QED) is 0.712. The van der Waals surface area contributed by atoms with Crippen molar-refractivity contribution in [2.45, 2.75) is 19.4 Å². The number of hydrogen-bond acceptors (Lipinski definition) is 6. The van der Waals surface area contributed by atoms with Gasteiger partial charge < -0.3 is 15.5 Å². The first-order valence-corrected chi connectivity index (χ1v) is 10.4. The first kappa shape index (κ1) is 17.7. The summed E-state index contributed by atoms with van der Waals surface area (Å²) in [6, 6.07) is 13.9. The Morgan fingerprint density at radius 3 is 2.90 bits per heavy atom. The molecule has 1 amide bonds. The lowest BCUT2D eigenvalue weighted by Crippen LogP contribution is -2.35. The largest absolute Gasteiger partial charge is 0.389 e. The molecule has 0 saturated heterocycles. The van der Waals surface area contributed by atoms with E-state index in [1.807, 2.05) is 35.2 Å². The fourth-order valence-electron chi connectivity index (χ4n) is 4.24. The SMILES string of the molecule is N#Cc1c(N)sc2c1CCN(c1ncccc1C(=O)N1CCc3ccccc31)C2. The number of carbonyl (C=O) groups is 1. The molecule has 0 bridgehead atoms. The van der Waals surface area contributed by atoms with Gasteiger partial charge in [-0.1, -0.05) is 18.2 Å². The molecule has 5 rings (SSSR count). The maximum Gasteiger partial charge on any atom is 0.262 e. The van der Waals surface area contributed by atoms with Gasteiger partial charge in [-0.2, -0.15) is 5.26 Å². The number of anilines is 3. The van der Waals surface area contributed by atoms with Crippen molar-refractivity contribution in [3.05, 3.63) is 69.7 Å². The van der Waals surface area contributed by atoms with Crippen LogP contribution in [-0.4, -0.2) is 24.0 Å². The van der Waals surface area contributed by atoms with Crippen molar-refractivity contribution in [3.63, 3.8) is 0 Å².